The third-order valence-electron chi connectivity index (χ3n) is 7.64. The molecule has 1 N–H and O–H groups in total. The fourth-order valence-corrected chi connectivity index (χ4v) is 6.24. The molecule has 40 heavy (non-hydrogen) atoms. The van der Waals surface area contributed by atoms with Gasteiger partial charge in [-0.05, 0) is 55.0 Å². The molecule has 3 aromatic carbocycles. The molecule has 0 aliphatic heterocycles. The van der Waals surface area contributed by atoms with E-state index in [0.29, 0.717) is 12.1 Å². The second kappa shape index (κ2) is 13.1. The summed E-state index contributed by atoms with van der Waals surface area (Å²) < 4.78 is 27.1. The molecule has 2 amide bonds. The van der Waals surface area contributed by atoms with Gasteiger partial charge in [0.2, 0.25) is 21.8 Å². The highest BCUT2D eigenvalue weighted by Gasteiger charge is 2.34. The molecule has 7 nitrogen and oxygen atoms in total. The Labute approximate surface area is 238 Å². The summed E-state index contributed by atoms with van der Waals surface area (Å²) in [5, 5.41) is 3.19. The van der Waals surface area contributed by atoms with Gasteiger partial charge >= 0.3 is 0 Å². The largest absolute Gasteiger partial charge is 0.352 e. The van der Waals surface area contributed by atoms with Gasteiger partial charge in [0.1, 0.15) is 12.6 Å². The number of aryl methyl sites for hydroxylation is 2. The zero-order chi connectivity index (χ0) is 28.7. The summed E-state index contributed by atoms with van der Waals surface area (Å²) in [5.74, 6) is -0.640. The van der Waals surface area contributed by atoms with Gasteiger partial charge in [0, 0.05) is 19.0 Å². The Balaban J connectivity index is 1.74. The van der Waals surface area contributed by atoms with E-state index in [1.54, 1.807) is 17.0 Å². The van der Waals surface area contributed by atoms with Gasteiger partial charge in [-0.15, -0.1) is 0 Å². The molecule has 0 unspecified atom stereocenters. The van der Waals surface area contributed by atoms with Gasteiger partial charge in [0.15, 0.2) is 0 Å². The summed E-state index contributed by atoms with van der Waals surface area (Å²) in [6.07, 6.45) is 5.40. The summed E-state index contributed by atoms with van der Waals surface area (Å²) in [4.78, 5) is 29.7. The lowest BCUT2D eigenvalue weighted by Crippen LogP contribution is -2.54. The van der Waals surface area contributed by atoms with E-state index in [0.717, 1.165) is 58.5 Å². The molecule has 212 valence electrons. The van der Waals surface area contributed by atoms with Crippen LogP contribution in [-0.2, 0) is 32.6 Å². The topological polar surface area (TPSA) is 86.8 Å². The molecule has 0 radical (unpaired) electrons. The standard InChI is InChI=1S/C32H39N3O4S/c1-24-13-7-9-17-27(24)22-34(31(36)23-35(40(3,38)39)29-20-12-8-14-25(29)2)30(21-26-15-5-4-6-16-26)32(37)33-28-18-10-11-19-28/h4-9,12-17,20,28,30H,10-11,18-19,21-23H2,1-3H3,(H,33,37)/t30-/m0/s1. The Hall–Kier alpha value is -3.65. The number of para-hydroxylation sites is 1. The molecule has 1 atom stereocenters. The van der Waals surface area contributed by atoms with Crippen LogP contribution in [0.1, 0.15) is 47.9 Å². The second-order valence-corrected chi connectivity index (χ2v) is 12.6. The van der Waals surface area contributed by atoms with Crippen molar-refractivity contribution in [3.05, 3.63) is 101 Å². The van der Waals surface area contributed by atoms with E-state index < -0.39 is 28.5 Å². The predicted octanol–water partition coefficient (Wildman–Crippen LogP) is 4.77. The molecule has 1 fully saturated rings. The smallest absolute Gasteiger partial charge is 0.244 e. The number of rotatable bonds is 11. The number of carbonyl (C=O) groups excluding carboxylic acids is 2. The van der Waals surface area contributed by atoms with E-state index in [9.17, 15) is 18.0 Å². The first-order chi connectivity index (χ1) is 19.1. The van der Waals surface area contributed by atoms with Gasteiger partial charge in [-0.1, -0.05) is 85.6 Å². The van der Waals surface area contributed by atoms with E-state index >= 15 is 0 Å². The highest BCUT2D eigenvalue weighted by atomic mass is 32.2. The first kappa shape index (κ1) is 29.3. The van der Waals surface area contributed by atoms with Crippen molar-refractivity contribution < 1.29 is 18.0 Å². The van der Waals surface area contributed by atoms with E-state index in [1.165, 1.54) is 0 Å². The van der Waals surface area contributed by atoms with Gasteiger partial charge in [0.25, 0.3) is 0 Å². The van der Waals surface area contributed by atoms with Crippen LogP contribution in [0, 0.1) is 13.8 Å². The summed E-state index contributed by atoms with van der Waals surface area (Å²) >= 11 is 0. The van der Waals surface area contributed by atoms with Crippen LogP contribution in [-0.4, -0.2) is 50.0 Å². The average Bonchev–Trinajstić information content (AvgIpc) is 3.43. The van der Waals surface area contributed by atoms with Crippen molar-refractivity contribution in [2.45, 2.75) is 64.6 Å². The SMILES string of the molecule is Cc1ccccc1CN(C(=O)CN(c1ccccc1C)S(C)(=O)=O)[C@@H](Cc1ccccc1)C(=O)NC1CCCC1. The van der Waals surface area contributed by atoms with Crippen molar-refractivity contribution >= 4 is 27.5 Å². The minimum absolute atomic E-state index is 0.0840. The molecule has 0 heterocycles. The zero-order valence-electron chi connectivity index (χ0n) is 23.5. The Morgan fingerprint density at radius 2 is 1.48 bits per heavy atom. The number of hydrogen-bond donors (Lipinski definition) is 1. The third-order valence-corrected chi connectivity index (χ3v) is 8.76. The number of sulfonamides is 1. The van der Waals surface area contributed by atoms with Crippen LogP contribution in [0.3, 0.4) is 0 Å². The van der Waals surface area contributed by atoms with Gasteiger partial charge in [-0.2, -0.15) is 0 Å². The van der Waals surface area contributed by atoms with Crippen molar-refractivity contribution in [3.8, 4) is 0 Å². The Kier molecular flexibility index (Phi) is 9.63. The summed E-state index contributed by atoms with van der Waals surface area (Å²) in [6, 6.07) is 23.8. The average molecular weight is 562 g/mol. The molecule has 1 saturated carbocycles. The molecule has 3 aromatic rings. The minimum Gasteiger partial charge on any atom is -0.352 e. The van der Waals surface area contributed by atoms with Crippen LogP contribution >= 0.6 is 0 Å². The zero-order valence-corrected chi connectivity index (χ0v) is 24.4. The molecule has 0 aromatic heterocycles. The lowest BCUT2D eigenvalue weighted by atomic mass is 10.0. The van der Waals surface area contributed by atoms with Crippen molar-refractivity contribution in [1.82, 2.24) is 10.2 Å². The fraction of sp³-hybridized carbons (Fsp3) is 0.375. The first-order valence-corrected chi connectivity index (χ1v) is 15.7. The Morgan fingerprint density at radius 1 is 0.875 bits per heavy atom. The molecule has 1 aliphatic rings. The number of nitrogens with one attached hydrogen (secondary N) is 1. The number of benzene rings is 3. The monoisotopic (exact) mass is 561 g/mol. The number of amides is 2. The number of anilines is 1. The predicted molar refractivity (Wildman–Crippen MR) is 159 cm³/mol. The molecule has 1 aliphatic carbocycles. The maximum absolute atomic E-state index is 14.2. The number of hydrogen-bond acceptors (Lipinski definition) is 4. The van der Waals surface area contributed by atoms with E-state index in [4.69, 9.17) is 0 Å². The highest BCUT2D eigenvalue weighted by Crippen LogP contribution is 2.24. The van der Waals surface area contributed by atoms with E-state index in [2.05, 4.69) is 5.32 Å². The lowest BCUT2D eigenvalue weighted by Gasteiger charge is -2.34. The third kappa shape index (κ3) is 7.50. The van der Waals surface area contributed by atoms with Gasteiger partial charge in [0.05, 0.1) is 11.9 Å². The quantitative estimate of drug-likeness (QED) is 0.366. The van der Waals surface area contributed by atoms with Crippen molar-refractivity contribution in [2.75, 3.05) is 17.1 Å². The molecule has 8 heteroatoms. The van der Waals surface area contributed by atoms with Gasteiger partial charge in [-0.3, -0.25) is 13.9 Å². The Morgan fingerprint density at radius 3 is 2.10 bits per heavy atom. The van der Waals surface area contributed by atoms with Crippen LogP contribution < -0.4 is 9.62 Å². The van der Waals surface area contributed by atoms with Crippen molar-refractivity contribution in [1.29, 1.82) is 0 Å². The number of carbonyl (C=O) groups is 2. The normalized spacial score (nSPS) is 14.5. The summed E-state index contributed by atoms with van der Waals surface area (Å²) in [7, 11) is -3.79. The van der Waals surface area contributed by atoms with Gasteiger partial charge < -0.3 is 10.2 Å². The van der Waals surface area contributed by atoms with E-state index in [1.807, 2.05) is 80.6 Å². The van der Waals surface area contributed by atoms with Crippen LogP contribution in [0.15, 0.2) is 78.9 Å². The van der Waals surface area contributed by atoms with Crippen molar-refractivity contribution in [3.63, 3.8) is 0 Å². The summed E-state index contributed by atoms with van der Waals surface area (Å²) in [6.45, 7) is 3.57. The van der Waals surface area contributed by atoms with Crippen LogP contribution in [0.25, 0.3) is 0 Å². The van der Waals surface area contributed by atoms with Gasteiger partial charge in [-0.25, -0.2) is 8.42 Å². The molecule has 0 spiro atoms. The lowest BCUT2D eigenvalue weighted by molar-refractivity contribution is -0.140. The Bertz CT molecular complexity index is 1420. The van der Waals surface area contributed by atoms with Crippen LogP contribution in [0.2, 0.25) is 0 Å². The number of nitrogens with zero attached hydrogens (tertiary/aromatic N) is 2. The molecular formula is C32H39N3O4S. The molecule has 0 saturated heterocycles. The second-order valence-electron chi connectivity index (χ2n) is 10.7. The van der Waals surface area contributed by atoms with E-state index in [-0.39, 0.29) is 18.5 Å². The van der Waals surface area contributed by atoms with Crippen LogP contribution in [0.4, 0.5) is 5.69 Å². The molecule has 0 bridgehead atoms. The summed E-state index contributed by atoms with van der Waals surface area (Å²) in [5.41, 5.74) is 4.02. The maximum atomic E-state index is 14.2. The molecule has 4 rings (SSSR count). The van der Waals surface area contributed by atoms with Crippen LogP contribution in [0.5, 0.6) is 0 Å². The maximum Gasteiger partial charge on any atom is 0.244 e. The van der Waals surface area contributed by atoms with Crippen molar-refractivity contribution in [2.24, 2.45) is 0 Å². The molecular weight excluding hydrogens is 522 g/mol. The first-order valence-electron chi connectivity index (χ1n) is 13.8. The minimum atomic E-state index is -3.79. The fourth-order valence-electron chi connectivity index (χ4n) is 5.33. The highest BCUT2D eigenvalue weighted by molar-refractivity contribution is 7.92.